The predicted molar refractivity (Wildman–Crippen MR) is 56.9 cm³/mol. The first-order valence-corrected chi connectivity index (χ1v) is 4.50. The zero-order valence-corrected chi connectivity index (χ0v) is 9.44. The fraction of sp³-hybridized carbons (Fsp3) is 0.571. The standard InChI is InChI=1S/C7H11N3S.BrH/c1-10-3-2-5-6(4-10)11-7(8)9-5;/h2-4H2,1H3,(H2,8,9);1H. The van der Waals surface area contributed by atoms with Crippen LogP contribution in [0.5, 0.6) is 0 Å². The second kappa shape index (κ2) is 3.72. The van der Waals surface area contributed by atoms with E-state index in [1.165, 1.54) is 10.6 Å². The Morgan fingerprint density at radius 3 is 3.08 bits per heavy atom. The highest BCUT2D eigenvalue weighted by Gasteiger charge is 2.16. The number of halogens is 1. The summed E-state index contributed by atoms with van der Waals surface area (Å²) in [5.41, 5.74) is 6.81. The summed E-state index contributed by atoms with van der Waals surface area (Å²) in [7, 11) is 2.12. The van der Waals surface area contributed by atoms with Crippen LogP contribution in [0.25, 0.3) is 0 Å². The summed E-state index contributed by atoms with van der Waals surface area (Å²) >= 11 is 1.62. The summed E-state index contributed by atoms with van der Waals surface area (Å²) in [4.78, 5) is 7.89. The number of rotatable bonds is 0. The molecule has 1 aliphatic heterocycles. The molecule has 2 N–H and O–H groups in total. The Kier molecular flexibility index (Phi) is 3.09. The van der Waals surface area contributed by atoms with Gasteiger partial charge in [0.2, 0.25) is 0 Å². The van der Waals surface area contributed by atoms with E-state index >= 15 is 0 Å². The maximum Gasteiger partial charge on any atom is 0.180 e. The summed E-state index contributed by atoms with van der Waals surface area (Å²) in [6.45, 7) is 2.13. The number of nitrogen functional groups attached to an aromatic ring is 1. The Morgan fingerprint density at radius 1 is 1.58 bits per heavy atom. The molecule has 5 heteroatoms. The fourth-order valence-electron chi connectivity index (χ4n) is 1.34. The molecule has 0 unspecified atom stereocenters. The van der Waals surface area contributed by atoms with Crippen LogP contribution >= 0.6 is 28.3 Å². The molecule has 1 aliphatic rings. The molecule has 2 rings (SSSR count). The van der Waals surface area contributed by atoms with Crippen LogP contribution in [0.4, 0.5) is 5.13 Å². The van der Waals surface area contributed by atoms with E-state index in [1.807, 2.05) is 0 Å². The number of thiazole rings is 1. The number of hydrogen-bond acceptors (Lipinski definition) is 4. The van der Waals surface area contributed by atoms with Crippen molar-refractivity contribution in [2.75, 3.05) is 19.3 Å². The molecular weight excluding hydrogens is 238 g/mol. The summed E-state index contributed by atoms with van der Waals surface area (Å²) in [6.07, 6.45) is 1.06. The zero-order valence-electron chi connectivity index (χ0n) is 6.91. The lowest BCUT2D eigenvalue weighted by molar-refractivity contribution is 0.314. The van der Waals surface area contributed by atoms with Crippen molar-refractivity contribution in [2.24, 2.45) is 0 Å². The third-order valence-electron chi connectivity index (χ3n) is 1.94. The minimum Gasteiger partial charge on any atom is -0.375 e. The Balaban J connectivity index is 0.000000720. The molecular formula is C7H12BrN3S. The molecule has 0 aromatic carbocycles. The Bertz CT molecular complexity index is 274. The maximum atomic E-state index is 5.59. The molecule has 1 aromatic rings. The van der Waals surface area contributed by atoms with Gasteiger partial charge in [-0.1, -0.05) is 0 Å². The molecule has 0 fully saturated rings. The van der Waals surface area contributed by atoms with Crippen LogP contribution in [0.3, 0.4) is 0 Å². The van der Waals surface area contributed by atoms with Gasteiger partial charge in [0.25, 0.3) is 0 Å². The number of anilines is 1. The van der Waals surface area contributed by atoms with Crippen LogP contribution in [0.2, 0.25) is 0 Å². The highest BCUT2D eigenvalue weighted by Crippen LogP contribution is 2.25. The number of aromatic nitrogens is 1. The molecule has 0 radical (unpaired) electrons. The van der Waals surface area contributed by atoms with Crippen molar-refractivity contribution in [1.29, 1.82) is 0 Å². The quantitative estimate of drug-likeness (QED) is 0.754. The van der Waals surface area contributed by atoms with Crippen molar-refractivity contribution in [2.45, 2.75) is 13.0 Å². The number of nitrogens with zero attached hydrogens (tertiary/aromatic N) is 2. The molecule has 0 atom stereocenters. The molecule has 0 amide bonds. The second-order valence-electron chi connectivity index (χ2n) is 2.91. The van der Waals surface area contributed by atoms with Crippen molar-refractivity contribution in [1.82, 2.24) is 9.88 Å². The number of likely N-dealkylation sites (N-methyl/N-ethyl adjacent to an activating group) is 1. The van der Waals surface area contributed by atoms with E-state index in [0.29, 0.717) is 5.13 Å². The van der Waals surface area contributed by atoms with E-state index in [1.54, 1.807) is 11.3 Å². The van der Waals surface area contributed by atoms with Gasteiger partial charge in [-0.2, -0.15) is 0 Å². The van der Waals surface area contributed by atoms with E-state index in [2.05, 4.69) is 16.9 Å². The molecule has 2 heterocycles. The summed E-state index contributed by atoms with van der Waals surface area (Å²) < 4.78 is 0. The summed E-state index contributed by atoms with van der Waals surface area (Å²) in [6, 6.07) is 0. The number of hydrogen-bond donors (Lipinski definition) is 1. The normalized spacial score (nSPS) is 16.8. The minimum absolute atomic E-state index is 0. The van der Waals surface area contributed by atoms with Crippen molar-refractivity contribution in [3.63, 3.8) is 0 Å². The lowest BCUT2D eigenvalue weighted by Crippen LogP contribution is -2.25. The first-order valence-electron chi connectivity index (χ1n) is 3.68. The maximum absolute atomic E-state index is 5.59. The van der Waals surface area contributed by atoms with Gasteiger partial charge in [0.1, 0.15) is 0 Å². The van der Waals surface area contributed by atoms with Crippen molar-refractivity contribution >= 4 is 33.4 Å². The molecule has 3 nitrogen and oxygen atoms in total. The first-order chi connectivity index (χ1) is 5.25. The Morgan fingerprint density at radius 2 is 2.33 bits per heavy atom. The van der Waals surface area contributed by atoms with E-state index in [4.69, 9.17) is 5.73 Å². The largest absolute Gasteiger partial charge is 0.375 e. The zero-order chi connectivity index (χ0) is 7.84. The van der Waals surface area contributed by atoms with Crippen LogP contribution in [0, 0.1) is 0 Å². The Hall–Kier alpha value is -0.130. The lowest BCUT2D eigenvalue weighted by Gasteiger charge is -2.20. The summed E-state index contributed by atoms with van der Waals surface area (Å²) in [5.74, 6) is 0. The van der Waals surface area contributed by atoms with Crippen LogP contribution in [-0.2, 0) is 13.0 Å². The molecule has 0 saturated carbocycles. The average Bonchev–Trinajstić information content (AvgIpc) is 2.27. The first kappa shape index (κ1) is 9.95. The van der Waals surface area contributed by atoms with E-state index < -0.39 is 0 Å². The van der Waals surface area contributed by atoms with E-state index in [0.717, 1.165) is 19.5 Å². The van der Waals surface area contributed by atoms with Gasteiger partial charge in [-0.25, -0.2) is 4.98 Å². The second-order valence-corrected chi connectivity index (χ2v) is 4.02. The van der Waals surface area contributed by atoms with Gasteiger partial charge in [0.15, 0.2) is 5.13 Å². The smallest absolute Gasteiger partial charge is 0.180 e. The van der Waals surface area contributed by atoms with Gasteiger partial charge in [-0.3, -0.25) is 0 Å². The molecule has 0 saturated heterocycles. The van der Waals surface area contributed by atoms with Crippen LogP contribution in [0.15, 0.2) is 0 Å². The molecule has 12 heavy (non-hydrogen) atoms. The van der Waals surface area contributed by atoms with Crippen molar-refractivity contribution in [3.05, 3.63) is 10.6 Å². The lowest BCUT2D eigenvalue weighted by atomic mass is 10.2. The van der Waals surface area contributed by atoms with Gasteiger partial charge in [0, 0.05) is 24.4 Å². The highest BCUT2D eigenvalue weighted by atomic mass is 79.9. The van der Waals surface area contributed by atoms with Crippen molar-refractivity contribution in [3.8, 4) is 0 Å². The average molecular weight is 250 g/mol. The Labute approximate surface area is 86.4 Å². The predicted octanol–water partition coefficient (Wildman–Crippen LogP) is 1.29. The molecule has 0 bridgehead atoms. The number of fused-ring (bicyclic) bond motifs is 1. The van der Waals surface area contributed by atoms with Crippen LogP contribution in [-0.4, -0.2) is 23.5 Å². The molecule has 0 aliphatic carbocycles. The monoisotopic (exact) mass is 249 g/mol. The third kappa shape index (κ3) is 1.78. The van der Waals surface area contributed by atoms with E-state index in [-0.39, 0.29) is 17.0 Å². The highest BCUT2D eigenvalue weighted by molar-refractivity contribution is 8.93. The fourth-order valence-corrected chi connectivity index (χ4v) is 2.30. The van der Waals surface area contributed by atoms with Gasteiger partial charge in [-0.05, 0) is 7.05 Å². The van der Waals surface area contributed by atoms with Gasteiger partial charge >= 0.3 is 0 Å². The van der Waals surface area contributed by atoms with Crippen LogP contribution < -0.4 is 5.73 Å². The number of nitrogens with two attached hydrogens (primary N) is 1. The van der Waals surface area contributed by atoms with E-state index in [9.17, 15) is 0 Å². The minimum atomic E-state index is 0. The van der Waals surface area contributed by atoms with Gasteiger partial charge in [-0.15, -0.1) is 28.3 Å². The topological polar surface area (TPSA) is 42.2 Å². The van der Waals surface area contributed by atoms with Gasteiger partial charge in [0.05, 0.1) is 5.69 Å². The third-order valence-corrected chi connectivity index (χ3v) is 2.85. The summed E-state index contributed by atoms with van der Waals surface area (Å²) in [5, 5.41) is 0.713. The SMILES string of the molecule is Br.CN1CCc2nc(N)sc2C1. The van der Waals surface area contributed by atoms with Crippen LogP contribution in [0.1, 0.15) is 10.6 Å². The molecule has 68 valence electrons. The molecule has 0 spiro atoms. The van der Waals surface area contributed by atoms with Gasteiger partial charge < -0.3 is 10.6 Å². The van der Waals surface area contributed by atoms with Crippen molar-refractivity contribution < 1.29 is 0 Å². The molecule has 1 aromatic heterocycles.